The van der Waals surface area contributed by atoms with Crippen molar-refractivity contribution in [2.75, 3.05) is 0 Å². The Balaban J connectivity index is 1.68. The average Bonchev–Trinajstić information content (AvgIpc) is 3.29. The van der Waals surface area contributed by atoms with E-state index in [0.717, 1.165) is 27.9 Å². The van der Waals surface area contributed by atoms with Crippen molar-refractivity contribution in [3.8, 4) is 22.4 Å². The number of nitrogens with zero attached hydrogens (tertiary/aromatic N) is 1. The van der Waals surface area contributed by atoms with Crippen molar-refractivity contribution in [2.45, 2.75) is 18.4 Å². The molecule has 1 N–H and O–H groups in total. The summed E-state index contributed by atoms with van der Waals surface area (Å²) in [6.45, 7) is 2.27. The number of amides is 1. The molecule has 37 heavy (non-hydrogen) atoms. The second-order valence-electron chi connectivity index (χ2n) is 8.84. The molecule has 1 amide bonds. The Bertz CT molecular complexity index is 1630. The zero-order chi connectivity index (χ0) is 25.8. The minimum absolute atomic E-state index is 0.0390. The van der Waals surface area contributed by atoms with Crippen LogP contribution in [-0.2, 0) is 16.6 Å². The highest BCUT2D eigenvalue weighted by molar-refractivity contribution is 7.90. The van der Waals surface area contributed by atoms with E-state index in [2.05, 4.69) is 4.72 Å². The molecule has 5 nitrogen and oxygen atoms in total. The van der Waals surface area contributed by atoms with Gasteiger partial charge in [-0.15, -0.1) is 0 Å². The third kappa shape index (κ3) is 5.25. The maximum absolute atomic E-state index is 13.8. The third-order valence-corrected chi connectivity index (χ3v) is 7.56. The maximum Gasteiger partial charge on any atom is 0.282 e. The second kappa shape index (κ2) is 10.3. The van der Waals surface area contributed by atoms with E-state index in [9.17, 15) is 13.2 Å². The van der Waals surface area contributed by atoms with E-state index in [1.54, 1.807) is 12.1 Å². The summed E-state index contributed by atoms with van der Waals surface area (Å²) in [5.41, 5.74) is 5.43. The average molecular weight is 507 g/mol. The van der Waals surface area contributed by atoms with Gasteiger partial charge in [-0.2, -0.15) is 0 Å². The zero-order valence-electron chi connectivity index (χ0n) is 20.3. The van der Waals surface area contributed by atoms with Crippen molar-refractivity contribution >= 4 is 15.9 Å². The van der Waals surface area contributed by atoms with Crippen molar-refractivity contribution in [1.82, 2.24) is 9.29 Å². The van der Waals surface area contributed by atoms with Gasteiger partial charge >= 0.3 is 0 Å². The number of carbonyl (C=O) groups is 1. The molecule has 0 radical (unpaired) electrons. The first kappa shape index (κ1) is 24.3. The zero-order valence-corrected chi connectivity index (χ0v) is 21.2. The Labute approximate surface area is 217 Å². The van der Waals surface area contributed by atoms with Gasteiger partial charge in [0.05, 0.1) is 4.90 Å². The van der Waals surface area contributed by atoms with Crippen molar-refractivity contribution < 1.29 is 13.2 Å². The van der Waals surface area contributed by atoms with Crippen molar-refractivity contribution in [3.63, 3.8) is 0 Å². The fourth-order valence-electron chi connectivity index (χ4n) is 4.36. The number of benzene rings is 4. The number of aromatic nitrogens is 1. The number of sulfonamides is 1. The molecule has 4 aromatic carbocycles. The number of rotatable bonds is 7. The molecular weight excluding hydrogens is 480 g/mol. The molecule has 5 aromatic rings. The van der Waals surface area contributed by atoms with Crippen LogP contribution in [0.25, 0.3) is 22.4 Å². The number of hydrogen-bond donors (Lipinski definition) is 1. The van der Waals surface area contributed by atoms with Gasteiger partial charge in [0.25, 0.3) is 15.9 Å². The van der Waals surface area contributed by atoms with Crippen molar-refractivity contribution in [3.05, 3.63) is 138 Å². The molecule has 0 unspecified atom stereocenters. The Kier molecular flexibility index (Phi) is 6.75. The number of hydrogen-bond acceptors (Lipinski definition) is 3. The minimum atomic E-state index is -4.08. The quantitative estimate of drug-likeness (QED) is 0.282. The van der Waals surface area contributed by atoms with E-state index in [-0.39, 0.29) is 10.6 Å². The first-order valence-electron chi connectivity index (χ1n) is 11.9. The first-order valence-corrected chi connectivity index (χ1v) is 13.4. The van der Waals surface area contributed by atoms with Crippen LogP contribution < -0.4 is 4.72 Å². The van der Waals surface area contributed by atoms with E-state index in [0.29, 0.717) is 12.1 Å². The molecule has 0 aliphatic carbocycles. The molecule has 0 aliphatic heterocycles. The SMILES string of the molecule is Cc1ccc(S(=O)(=O)NC(=O)c2c(-c3ccccc3)cc(-c3ccccc3)n2Cc2ccccc2)cc1. The van der Waals surface area contributed by atoms with E-state index < -0.39 is 15.9 Å². The highest BCUT2D eigenvalue weighted by Gasteiger charge is 2.27. The van der Waals surface area contributed by atoms with Crippen LogP contribution in [0.5, 0.6) is 0 Å². The summed E-state index contributed by atoms with van der Waals surface area (Å²) in [5.74, 6) is -0.683. The van der Waals surface area contributed by atoms with Gasteiger partial charge < -0.3 is 4.57 Å². The lowest BCUT2D eigenvalue weighted by atomic mass is 10.0. The van der Waals surface area contributed by atoms with Crippen LogP contribution >= 0.6 is 0 Å². The minimum Gasteiger partial charge on any atom is -0.331 e. The lowest BCUT2D eigenvalue weighted by molar-refractivity contribution is 0.0973. The Morgan fingerprint density at radius 2 is 1.27 bits per heavy atom. The highest BCUT2D eigenvalue weighted by Crippen LogP contribution is 2.34. The smallest absolute Gasteiger partial charge is 0.282 e. The molecule has 1 heterocycles. The van der Waals surface area contributed by atoms with Gasteiger partial charge in [0.2, 0.25) is 0 Å². The Morgan fingerprint density at radius 1 is 0.730 bits per heavy atom. The van der Waals surface area contributed by atoms with E-state index >= 15 is 0 Å². The second-order valence-corrected chi connectivity index (χ2v) is 10.5. The molecule has 0 saturated heterocycles. The molecule has 0 aliphatic rings. The lowest BCUT2D eigenvalue weighted by Gasteiger charge is -2.15. The summed E-state index contributed by atoms with van der Waals surface area (Å²) in [4.78, 5) is 13.9. The first-order chi connectivity index (χ1) is 17.9. The van der Waals surface area contributed by atoms with Gasteiger partial charge in [-0.25, -0.2) is 13.1 Å². The fraction of sp³-hybridized carbons (Fsp3) is 0.0645. The molecule has 0 fully saturated rings. The number of carbonyl (C=O) groups excluding carboxylic acids is 1. The van der Waals surface area contributed by atoms with Crippen LogP contribution in [0.1, 0.15) is 21.6 Å². The molecule has 0 saturated carbocycles. The topological polar surface area (TPSA) is 68.2 Å². The van der Waals surface area contributed by atoms with Crippen LogP contribution in [0.2, 0.25) is 0 Å². The summed E-state index contributed by atoms with van der Waals surface area (Å²) in [6.07, 6.45) is 0. The van der Waals surface area contributed by atoms with Crippen LogP contribution in [0.15, 0.2) is 126 Å². The van der Waals surface area contributed by atoms with Crippen molar-refractivity contribution in [2.24, 2.45) is 0 Å². The van der Waals surface area contributed by atoms with Crippen LogP contribution in [-0.4, -0.2) is 18.9 Å². The summed E-state index contributed by atoms with van der Waals surface area (Å²) in [6, 6.07) is 37.5. The highest BCUT2D eigenvalue weighted by atomic mass is 32.2. The number of aryl methyl sites for hydroxylation is 1. The molecular formula is C31H26N2O3S. The van der Waals surface area contributed by atoms with Gasteiger partial charge in [-0.1, -0.05) is 109 Å². The van der Waals surface area contributed by atoms with Gasteiger partial charge in [0.1, 0.15) is 5.69 Å². The molecule has 1 aromatic heterocycles. The summed E-state index contributed by atoms with van der Waals surface area (Å²) in [5, 5.41) is 0. The summed E-state index contributed by atoms with van der Waals surface area (Å²) < 4.78 is 30.6. The third-order valence-electron chi connectivity index (χ3n) is 6.21. The summed E-state index contributed by atoms with van der Waals surface area (Å²) >= 11 is 0. The largest absolute Gasteiger partial charge is 0.331 e. The van der Waals surface area contributed by atoms with Gasteiger partial charge in [-0.3, -0.25) is 4.79 Å². The van der Waals surface area contributed by atoms with Gasteiger partial charge in [0, 0.05) is 17.8 Å². The predicted octanol–water partition coefficient (Wildman–Crippen LogP) is 6.30. The Hall–Kier alpha value is -4.42. The molecule has 0 bridgehead atoms. The van der Waals surface area contributed by atoms with Gasteiger partial charge in [0.15, 0.2) is 0 Å². The number of nitrogens with one attached hydrogen (secondary N) is 1. The van der Waals surface area contributed by atoms with Crippen LogP contribution in [0, 0.1) is 6.92 Å². The Morgan fingerprint density at radius 3 is 1.86 bits per heavy atom. The molecule has 5 rings (SSSR count). The van der Waals surface area contributed by atoms with E-state index in [1.807, 2.05) is 109 Å². The van der Waals surface area contributed by atoms with Gasteiger partial charge in [-0.05, 0) is 41.8 Å². The van der Waals surface area contributed by atoms with E-state index in [1.165, 1.54) is 12.1 Å². The molecule has 0 atom stereocenters. The standard InChI is InChI=1S/C31H26N2O3S/c1-23-17-19-27(20-18-23)37(35,36)32-31(34)30-28(25-13-7-3-8-14-25)21-29(26-15-9-4-10-16-26)33(30)22-24-11-5-2-6-12-24/h2-21H,22H2,1H3,(H,32,34). The van der Waals surface area contributed by atoms with Crippen molar-refractivity contribution in [1.29, 1.82) is 0 Å². The molecule has 0 spiro atoms. The molecule has 184 valence electrons. The van der Waals surface area contributed by atoms with E-state index in [4.69, 9.17) is 0 Å². The van der Waals surface area contributed by atoms with Crippen LogP contribution in [0.3, 0.4) is 0 Å². The lowest BCUT2D eigenvalue weighted by Crippen LogP contribution is -2.32. The van der Waals surface area contributed by atoms with Crippen LogP contribution in [0.4, 0.5) is 0 Å². The fourth-order valence-corrected chi connectivity index (χ4v) is 5.31. The molecule has 6 heteroatoms. The monoisotopic (exact) mass is 506 g/mol. The summed E-state index contributed by atoms with van der Waals surface area (Å²) in [7, 11) is -4.08. The maximum atomic E-state index is 13.8. The predicted molar refractivity (Wildman–Crippen MR) is 147 cm³/mol. The normalized spacial score (nSPS) is 11.3.